The summed E-state index contributed by atoms with van der Waals surface area (Å²) >= 11 is 0. The highest BCUT2D eigenvalue weighted by Crippen LogP contribution is 2.29. The van der Waals surface area contributed by atoms with E-state index in [2.05, 4.69) is 56.2 Å². The molecule has 2 unspecified atom stereocenters. The Morgan fingerprint density at radius 1 is 1.26 bits per heavy atom. The van der Waals surface area contributed by atoms with Crippen molar-refractivity contribution in [2.45, 2.75) is 32.9 Å². The fourth-order valence-corrected chi connectivity index (χ4v) is 2.97. The predicted molar refractivity (Wildman–Crippen MR) is 79.6 cm³/mol. The van der Waals surface area contributed by atoms with E-state index in [-0.39, 0.29) is 6.10 Å². The number of morpholine rings is 1. The van der Waals surface area contributed by atoms with Gasteiger partial charge in [0.1, 0.15) is 0 Å². The summed E-state index contributed by atoms with van der Waals surface area (Å²) in [4.78, 5) is 2.42. The maximum absolute atomic E-state index is 5.99. The third-order valence-corrected chi connectivity index (χ3v) is 3.78. The van der Waals surface area contributed by atoms with Gasteiger partial charge >= 0.3 is 0 Å². The molecule has 1 fully saturated rings. The number of hydrogen-bond donors (Lipinski definition) is 1. The van der Waals surface area contributed by atoms with Crippen molar-refractivity contribution in [3.63, 3.8) is 0 Å². The Labute approximate surface area is 116 Å². The molecule has 3 nitrogen and oxygen atoms in total. The van der Waals surface area contributed by atoms with Gasteiger partial charge in [-0.2, -0.15) is 0 Å². The quantitative estimate of drug-likeness (QED) is 0.901. The van der Waals surface area contributed by atoms with Crippen LogP contribution in [-0.4, -0.2) is 44.3 Å². The smallest absolute Gasteiger partial charge is 0.0896 e. The minimum absolute atomic E-state index is 0.236. The molecule has 1 saturated heterocycles. The van der Waals surface area contributed by atoms with Crippen molar-refractivity contribution in [2.75, 3.05) is 33.3 Å². The molecule has 106 valence electrons. The molecule has 2 rings (SSSR count). The molecule has 2 atom stereocenters. The first-order chi connectivity index (χ1) is 9.11. The third kappa shape index (κ3) is 3.56. The van der Waals surface area contributed by atoms with Gasteiger partial charge in [-0.25, -0.2) is 0 Å². The molecule has 0 aromatic heterocycles. The minimum atomic E-state index is 0.236. The van der Waals surface area contributed by atoms with E-state index < -0.39 is 0 Å². The molecule has 0 amide bonds. The summed E-state index contributed by atoms with van der Waals surface area (Å²) < 4.78 is 5.99. The van der Waals surface area contributed by atoms with Gasteiger partial charge in [0.2, 0.25) is 0 Å². The molecule has 1 aromatic carbocycles. The molecule has 1 aromatic rings. The molecular formula is C16H26N2O. The summed E-state index contributed by atoms with van der Waals surface area (Å²) in [5.74, 6) is 0. The molecule has 3 heteroatoms. The van der Waals surface area contributed by atoms with E-state index in [0.717, 1.165) is 26.2 Å². The van der Waals surface area contributed by atoms with Crippen LogP contribution in [0.25, 0.3) is 0 Å². The summed E-state index contributed by atoms with van der Waals surface area (Å²) in [7, 11) is 2.20. The highest BCUT2D eigenvalue weighted by Gasteiger charge is 2.31. The van der Waals surface area contributed by atoms with Gasteiger partial charge in [0.15, 0.2) is 0 Å². The minimum Gasteiger partial charge on any atom is -0.374 e. The van der Waals surface area contributed by atoms with Crippen LogP contribution in [0, 0.1) is 13.8 Å². The van der Waals surface area contributed by atoms with Crippen LogP contribution in [0.5, 0.6) is 0 Å². The zero-order valence-corrected chi connectivity index (χ0v) is 12.6. The first-order valence-electron chi connectivity index (χ1n) is 7.22. The van der Waals surface area contributed by atoms with Gasteiger partial charge in [-0.05, 0) is 33.0 Å². The SMILES string of the molecule is CCNCC1OCCN(C)C1c1cc(C)cc(C)c1. The number of hydrogen-bond acceptors (Lipinski definition) is 3. The van der Waals surface area contributed by atoms with Crippen molar-refractivity contribution in [1.29, 1.82) is 0 Å². The number of rotatable bonds is 4. The molecule has 19 heavy (non-hydrogen) atoms. The van der Waals surface area contributed by atoms with Gasteiger partial charge in [-0.1, -0.05) is 36.2 Å². The van der Waals surface area contributed by atoms with Gasteiger partial charge in [0.25, 0.3) is 0 Å². The molecular weight excluding hydrogens is 236 g/mol. The lowest BCUT2D eigenvalue weighted by molar-refractivity contribution is -0.0611. The van der Waals surface area contributed by atoms with Crippen LogP contribution in [0.15, 0.2) is 18.2 Å². The molecule has 1 aliphatic heterocycles. The Morgan fingerprint density at radius 2 is 1.95 bits per heavy atom. The van der Waals surface area contributed by atoms with E-state index in [0.29, 0.717) is 6.04 Å². The van der Waals surface area contributed by atoms with Gasteiger partial charge in [0.05, 0.1) is 18.8 Å². The molecule has 1 aliphatic rings. The maximum Gasteiger partial charge on any atom is 0.0896 e. The highest BCUT2D eigenvalue weighted by molar-refractivity contribution is 5.31. The van der Waals surface area contributed by atoms with E-state index in [9.17, 15) is 0 Å². The first-order valence-corrected chi connectivity index (χ1v) is 7.22. The highest BCUT2D eigenvalue weighted by atomic mass is 16.5. The van der Waals surface area contributed by atoms with E-state index in [1.807, 2.05) is 0 Å². The number of likely N-dealkylation sites (N-methyl/N-ethyl adjacent to an activating group) is 2. The zero-order chi connectivity index (χ0) is 13.8. The number of aryl methyl sites for hydroxylation is 2. The van der Waals surface area contributed by atoms with E-state index in [1.54, 1.807) is 0 Å². The van der Waals surface area contributed by atoms with E-state index >= 15 is 0 Å². The zero-order valence-electron chi connectivity index (χ0n) is 12.6. The van der Waals surface area contributed by atoms with Gasteiger partial charge in [0, 0.05) is 13.1 Å². The standard InChI is InChI=1S/C16H26N2O/c1-5-17-11-15-16(18(4)6-7-19-15)14-9-12(2)8-13(3)10-14/h8-10,15-17H,5-7,11H2,1-4H3. The van der Waals surface area contributed by atoms with Crippen LogP contribution >= 0.6 is 0 Å². The fraction of sp³-hybridized carbons (Fsp3) is 0.625. The third-order valence-electron chi connectivity index (χ3n) is 3.78. The molecule has 1 heterocycles. The summed E-state index contributed by atoms with van der Waals surface area (Å²) in [6, 6.07) is 7.17. The second-order valence-electron chi connectivity index (χ2n) is 5.56. The second kappa shape index (κ2) is 6.51. The Balaban J connectivity index is 2.25. The van der Waals surface area contributed by atoms with Crippen molar-refractivity contribution in [3.05, 3.63) is 34.9 Å². The van der Waals surface area contributed by atoms with Gasteiger partial charge in [-0.15, -0.1) is 0 Å². The summed E-state index contributed by atoms with van der Waals surface area (Å²) in [5.41, 5.74) is 4.04. The Hall–Kier alpha value is -0.900. The van der Waals surface area contributed by atoms with Crippen molar-refractivity contribution in [1.82, 2.24) is 10.2 Å². The average molecular weight is 262 g/mol. The van der Waals surface area contributed by atoms with Crippen LogP contribution in [0.3, 0.4) is 0 Å². The first kappa shape index (κ1) is 14.5. The van der Waals surface area contributed by atoms with E-state index in [1.165, 1.54) is 16.7 Å². The molecule has 0 bridgehead atoms. The summed E-state index contributed by atoms with van der Waals surface area (Å²) in [5, 5.41) is 3.42. The second-order valence-corrected chi connectivity index (χ2v) is 5.56. The molecule has 0 radical (unpaired) electrons. The summed E-state index contributed by atoms with van der Waals surface area (Å²) in [6.07, 6.45) is 0.236. The van der Waals surface area contributed by atoms with Crippen molar-refractivity contribution >= 4 is 0 Å². The monoisotopic (exact) mass is 262 g/mol. The normalized spacial score (nSPS) is 24.6. The average Bonchev–Trinajstić information content (AvgIpc) is 2.35. The lowest BCUT2D eigenvalue weighted by Crippen LogP contribution is -2.47. The largest absolute Gasteiger partial charge is 0.374 e. The van der Waals surface area contributed by atoms with Crippen LogP contribution < -0.4 is 5.32 Å². The number of nitrogens with zero attached hydrogens (tertiary/aromatic N) is 1. The lowest BCUT2D eigenvalue weighted by Gasteiger charge is -2.39. The fourth-order valence-electron chi connectivity index (χ4n) is 2.97. The maximum atomic E-state index is 5.99. The van der Waals surface area contributed by atoms with Crippen molar-refractivity contribution in [2.24, 2.45) is 0 Å². The molecule has 0 spiro atoms. The summed E-state index contributed by atoms with van der Waals surface area (Å²) in [6.45, 7) is 10.2. The van der Waals surface area contributed by atoms with Crippen LogP contribution in [-0.2, 0) is 4.74 Å². The Kier molecular flexibility index (Phi) is 4.97. The molecule has 1 N–H and O–H groups in total. The van der Waals surface area contributed by atoms with Crippen molar-refractivity contribution < 1.29 is 4.74 Å². The Bertz CT molecular complexity index is 399. The van der Waals surface area contributed by atoms with Crippen LogP contribution in [0.2, 0.25) is 0 Å². The molecule has 0 aliphatic carbocycles. The number of nitrogens with one attached hydrogen (secondary N) is 1. The number of ether oxygens (including phenoxy) is 1. The van der Waals surface area contributed by atoms with Gasteiger partial charge < -0.3 is 10.1 Å². The van der Waals surface area contributed by atoms with Crippen LogP contribution in [0.1, 0.15) is 29.7 Å². The Morgan fingerprint density at radius 3 is 2.58 bits per heavy atom. The predicted octanol–water partition coefficient (Wildman–Crippen LogP) is 2.28. The molecule has 0 saturated carbocycles. The van der Waals surface area contributed by atoms with Crippen molar-refractivity contribution in [3.8, 4) is 0 Å². The lowest BCUT2D eigenvalue weighted by atomic mass is 9.95. The number of benzene rings is 1. The van der Waals surface area contributed by atoms with Gasteiger partial charge in [-0.3, -0.25) is 4.90 Å². The van der Waals surface area contributed by atoms with Crippen LogP contribution in [0.4, 0.5) is 0 Å². The topological polar surface area (TPSA) is 24.5 Å². The van der Waals surface area contributed by atoms with E-state index in [4.69, 9.17) is 4.74 Å².